The Morgan fingerprint density at radius 1 is 1.37 bits per heavy atom. The van der Waals surface area contributed by atoms with E-state index in [0.717, 1.165) is 0 Å². The highest BCUT2D eigenvalue weighted by Crippen LogP contribution is 2.13. The lowest BCUT2D eigenvalue weighted by Gasteiger charge is -2.28. The van der Waals surface area contributed by atoms with Crippen molar-refractivity contribution in [3.8, 4) is 0 Å². The van der Waals surface area contributed by atoms with Gasteiger partial charge >= 0.3 is 12.1 Å². The predicted octanol–water partition coefficient (Wildman–Crippen LogP) is 0.411. The van der Waals surface area contributed by atoms with E-state index >= 15 is 0 Å². The maximum atomic E-state index is 11.8. The maximum absolute atomic E-state index is 11.8. The highest BCUT2D eigenvalue weighted by molar-refractivity contribution is 5.92. The summed E-state index contributed by atoms with van der Waals surface area (Å²) < 4.78 is 14.7. The molecule has 0 aliphatic carbocycles. The fraction of sp³-hybridized carbons (Fsp3) is 0.750. The van der Waals surface area contributed by atoms with E-state index < -0.39 is 29.8 Å². The molecule has 1 rings (SSSR count). The van der Waals surface area contributed by atoms with Crippen molar-refractivity contribution in [2.24, 2.45) is 0 Å². The largest absolute Gasteiger partial charge is 0.467 e. The van der Waals surface area contributed by atoms with Crippen molar-refractivity contribution in [3.05, 3.63) is 0 Å². The first-order valence-electron chi connectivity index (χ1n) is 5.94. The van der Waals surface area contributed by atoms with E-state index in [2.05, 4.69) is 10.1 Å². The number of amides is 1. The summed E-state index contributed by atoms with van der Waals surface area (Å²) in [5.41, 5.74) is -0.642. The molecule has 0 bridgehead atoms. The highest BCUT2D eigenvalue weighted by Gasteiger charge is 2.35. The van der Waals surface area contributed by atoms with E-state index in [1.54, 1.807) is 20.8 Å². The standard InChI is InChI=1S/C12H19NO6/c1-12(2,3)19-11(16)13-7-6-18-9(5-8(7)14)10(15)17-4/h7,9H,5-6H2,1-4H3,(H,13,16). The van der Waals surface area contributed by atoms with Gasteiger partial charge in [-0.1, -0.05) is 0 Å². The van der Waals surface area contributed by atoms with Crippen molar-refractivity contribution in [2.45, 2.75) is 44.9 Å². The minimum atomic E-state index is -0.894. The number of hydrogen-bond acceptors (Lipinski definition) is 6. The molecule has 1 aliphatic rings. The van der Waals surface area contributed by atoms with Crippen LogP contribution in [-0.4, -0.2) is 49.3 Å². The van der Waals surface area contributed by atoms with Crippen LogP contribution < -0.4 is 5.32 Å². The van der Waals surface area contributed by atoms with E-state index in [9.17, 15) is 14.4 Å². The van der Waals surface area contributed by atoms with Crippen LogP contribution in [0.25, 0.3) is 0 Å². The Morgan fingerprint density at radius 3 is 2.47 bits per heavy atom. The summed E-state index contributed by atoms with van der Waals surface area (Å²) in [7, 11) is 1.22. The zero-order chi connectivity index (χ0) is 14.6. The van der Waals surface area contributed by atoms with Gasteiger partial charge in [0, 0.05) is 6.42 Å². The SMILES string of the molecule is COC(=O)C1CC(=O)C(NC(=O)OC(C)(C)C)CO1. The number of Topliss-reactive ketones (excluding diaryl/α,β-unsaturated/α-hetero) is 1. The number of esters is 1. The molecule has 1 N–H and O–H groups in total. The molecule has 0 saturated carbocycles. The van der Waals surface area contributed by atoms with Crippen LogP contribution in [0.4, 0.5) is 4.79 Å². The van der Waals surface area contributed by atoms with Crippen molar-refractivity contribution in [1.82, 2.24) is 5.32 Å². The highest BCUT2D eigenvalue weighted by atomic mass is 16.6. The number of rotatable bonds is 2. The van der Waals surface area contributed by atoms with Crippen molar-refractivity contribution in [3.63, 3.8) is 0 Å². The number of carbonyl (C=O) groups is 3. The lowest BCUT2D eigenvalue weighted by atomic mass is 10.0. The van der Waals surface area contributed by atoms with Crippen LogP contribution in [0.3, 0.4) is 0 Å². The minimum Gasteiger partial charge on any atom is -0.467 e. The van der Waals surface area contributed by atoms with Crippen LogP contribution in [0.1, 0.15) is 27.2 Å². The van der Waals surface area contributed by atoms with Gasteiger partial charge in [0.05, 0.1) is 13.7 Å². The van der Waals surface area contributed by atoms with Gasteiger partial charge in [0.25, 0.3) is 0 Å². The second-order valence-corrected chi connectivity index (χ2v) is 5.21. The van der Waals surface area contributed by atoms with Gasteiger partial charge in [-0.25, -0.2) is 9.59 Å². The molecule has 0 aromatic rings. The monoisotopic (exact) mass is 273 g/mol. The molecule has 7 heteroatoms. The number of nitrogens with one attached hydrogen (secondary N) is 1. The molecule has 1 fully saturated rings. The molecule has 19 heavy (non-hydrogen) atoms. The lowest BCUT2D eigenvalue weighted by molar-refractivity contribution is -0.161. The summed E-state index contributed by atoms with van der Waals surface area (Å²) in [6.45, 7) is 5.09. The molecule has 7 nitrogen and oxygen atoms in total. The molecule has 1 saturated heterocycles. The second-order valence-electron chi connectivity index (χ2n) is 5.21. The van der Waals surface area contributed by atoms with E-state index in [1.807, 2.05) is 0 Å². The Labute approximate surface area is 111 Å². The van der Waals surface area contributed by atoms with Gasteiger partial charge in [-0.05, 0) is 20.8 Å². The topological polar surface area (TPSA) is 90.9 Å². The van der Waals surface area contributed by atoms with E-state index in [0.29, 0.717) is 0 Å². The van der Waals surface area contributed by atoms with Crippen molar-refractivity contribution < 1.29 is 28.6 Å². The van der Waals surface area contributed by atoms with E-state index in [1.165, 1.54) is 7.11 Å². The van der Waals surface area contributed by atoms with Gasteiger partial charge in [0.15, 0.2) is 11.9 Å². The Balaban J connectivity index is 2.48. The Morgan fingerprint density at radius 2 is 2.00 bits per heavy atom. The zero-order valence-electron chi connectivity index (χ0n) is 11.5. The Kier molecular flexibility index (Phi) is 4.88. The third-order valence-corrected chi connectivity index (χ3v) is 2.39. The van der Waals surface area contributed by atoms with Crippen molar-refractivity contribution >= 4 is 17.8 Å². The summed E-state index contributed by atoms with van der Waals surface area (Å²) in [5, 5.41) is 2.41. The molecule has 108 valence electrons. The summed E-state index contributed by atoms with van der Waals surface area (Å²) in [4.78, 5) is 34.5. The third kappa shape index (κ3) is 4.86. The molecule has 2 atom stereocenters. The van der Waals surface area contributed by atoms with Gasteiger partial charge < -0.3 is 19.5 Å². The molecule has 0 aromatic carbocycles. The van der Waals surface area contributed by atoms with Crippen molar-refractivity contribution in [2.75, 3.05) is 13.7 Å². The molecular formula is C12H19NO6. The van der Waals surface area contributed by atoms with Crippen LogP contribution >= 0.6 is 0 Å². The van der Waals surface area contributed by atoms with E-state index in [4.69, 9.17) is 9.47 Å². The Bertz CT molecular complexity index is 373. The quantitative estimate of drug-likeness (QED) is 0.733. The molecular weight excluding hydrogens is 254 g/mol. The summed E-state index contributed by atoms with van der Waals surface area (Å²) in [5.74, 6) is -0.878. The number of carbonyl (C=O) groups excluding carboxylic acids is 3. The van der Waals surface area contributed by atoms with E-state index in [-0.39, 0.29) is 18.8 Å². The first-order valence-corrected chi connectivity index (χ1v) is 5.94. The van der Waals surface area contributed by atoms with Gasteiger partial charge in [0.2, 0.25) is 0 Å². The van der Waals surface area contributed by atoms with Gasteiger partial charge in [-0.2, -0.15) is 0 Å². The molecule has 1 aliphatic heterocycles. The maximum Gasteiger partial charge on any atom is 0.408 e. The van der Waals surface area contributed by atoms with Gasteiger partial charge in [-0.15, -0.1) is 0 Å². The summed E-state index contributed by atoms with van der Waals surface area (Å²) in [6.07, 6.45) is -1.70. The number of methoxy groups -OCH3 is 1. The number of ether oxygens (including phenoxy) is 3. The molecule has 0 radical (unpaired) electrons. The molecule has 0 aromatic heterocycles. The molecule has 2 unspecified atom stereocenters. The third-order valence-electron chi connectivity index (χ3n) is 2.39. The number of hydrogen-bond donors (Lipinski definition) is 1. The van der Waals surface area contributed by atoms with Crippen LogP contribution in [0, 0.1) is 0 Å². The molecule has 1 amide bonds. The number of ketones is 1. The van der Waals surface area contributed by atoms with Crippen LogP contribution in [0.2, 0.25) is 0 Å². The van der Waals surface area contributed by atoms with Crippen molar-refractivity contribution in [1.29, 1.82) is 0 Å². The predicted molar refractivity (Wildman–Crippen MR) is 64.5 cm³/mol. The normalized spacial score (nSPS) is 23.7. The first-order chi connectivity index (χ1) is 8.73. The van der Waals surface area contributed by atoms with Crippen LogP contribution in [-0.2, 0) is 23.8 Å². The number of alkyl carbamates (subject to hydrolysis) is 1. The molecule has 1 heterocycles. The summed E-state index contributed by atoms with van der Waals surface area (Å²) in [6, 6.07) is -0.796. The summed E-state index contributed by atoms with van der Waals surface area (Å²) >= 11 is 0. The Hall–Kier alpha value is -1.63. The lowest BCUT2D eigenvalue weighted by Crippen LogP contribution is -2.51. The van der Waals surface area contributed by atoms with Crippen LogP contribution in [0.5, 0.6) is 0 Å². The fourth-order valence-electron chi connectivity index (χ4n) is 1.54. The average molecular weight is 273 g/mol. The van der Waals surface area contributed by atoms with Crippen LogP contribution in [0.15, 0.2) is 0 Å². The van der Waals surface area contributed by atoms with Gasteiger partial charge in [0.1, 0.15) is 11.6 Å². The fourth-order valence-corrected chi connectivity index (χ4v) is 1.54. The second kappa shape index (κ2) is 6.01. The zero-order valence-corrected chi connectivity index (χ0v) is 11.5. The minimum absolute atomic E-state index is 0.0716. The first kappa shape index (κ1) is 15.4. The smallest absolute Gasteiger partial charge is 0.408 e. The van der Waals surface area contributed by atoms with Gasteiger partial charge in [-0.3, -0.25) is 4.79 Å². The average Bonchev–Trinajstić information content (AvgIpc) is 2.28. The molecule has 0 spiro atoms.